The van der Waals surface area contributed by atoms with Gasteiger partial charge in [0.25, 0.3) is 5.56 Å². The van der Waals surface area contributed by atoms with Crippen LogP contribution in [-0.2, 0) is 32.4 Å². The number of pyridine rings is 3. The number of aryl methyl sites for hydroxylation is 5. The van der Waals surface area contributed by atoms with Gasteiger partial charge in [0.15, 0.2) is 5.65 Å². The number of thiophene rings is 1. The average molecular weight is 645 g/mol. The van der Waals surface area contributed by atoms with Crippen molar-refractivity contribution in [3.05, 3.63) is 106 Å². The minimum atomic E-state index is -0.275. The van der Waals surface area contributed by atoms with Crippen LogP contribution in [0.3, 0.4) is 0 Å². The molecule has 2 aliphatic rings. The van der Waals surface area contributed by atoms with Crippen molar-refractivity contribution in [2.45, 2.75) is 58.2 Å². The number of fused-ring (bicyclic) bond motifs is 5. The van der Waals surface area contributed by atoms with E-state index < -0.39 is 0 Å². The third-order valence-electron chi connectivity index (χ3n) is 9.24. The first-order chi connectivity index (χ1) is 23.0. The summed E-state index contributed by atoms with van der Waals surface area (Å²) in [7, 11) is 0. The second-order valence-electron chi connectivity index (χ2n) is 12.1. The molecule has 0 spiro atoms. The molecule has 1 aromatic carbocycles. The van der Waals surface area contributed by atoms with E-state index in [4.69, 9.17) is 14.4 Å². The van der Waals surface area contributed by atoms with Crippen LogP contribution in [-0.4, -0.2) is 34.5 Å². The minimum absolute atomic E-state index is 0.0773. The lowest BCUT2D eigenvalue weighted by Crippen LogP contribution is -2.16. The van der Waals surface area contributed by atoms with Gasteiger partial charge in [0.05, 0.1) is 27.4 Å². The number of nitrogens with one attached hydrogen (secondary N) is 1. The summed E-state index contributed by atoms with van der Waals surface area (Å²) in [6.07, 6.45) is 7.55. The lowest BCUT2D eigenvalue weighted by Gasteiger charge is -2.15. The van der Waals surface area contributed by atoms with Crippen molar-refractivity contribution < 1.29 is 8.81 Å². The summed E-state index contributed by atoms with van der Waals surface area (Å²) < 4.78 is 24.6. The Balaban J connectivity index is 1.24. The van der Waals surface area contributed by atoms with Gasteiger partial charge in [0, 0.05) is 48.5 Å². The molecule has 9 rings (SSSR count). The SMILES string of the molecule is Cc1nnc(-c2c(CCc3ccc(F)cc3)nc3c(c2-c2cc4ccnc(NC5CCc6ncccc65)c4s2)c(=O)n2n3CCC2)o1. The Morgan fingerprint density at radius 1 is 1.02 bits per heavy atom. The van der Waals surface area contributed by atoms with Gasteiger partial charge in [-0.05, 0) is 78.9 Å². The molecule has 6 aromatic heterocycles. The van der Waals surface area contributed by atoms with Crippen LogP contribution >= 0.6 is 11.3 Å². The van der Waals surface area contributed by atoms with Crippen LogP contribution in [0, 0.1) is 12.7 Å². The lowest BCUT2D eigenvalue weighted by molar-refractivity contribution is 0.532. The first-order valence-corrected chi connectivity index (χ1v) is 16.6. The van der Waals surface area contributed by atoms with E-state index in [1.807, 2.05) is 29.2 Å². The Morgan fingerprint density at radius 3 is 2.74 bits per heavy atom. The fraction of sp³-hybridized carbons (Fsp3) is 0.257. The maximum absolute atomic E-state index is 14.1. The maximum atomic E-state index is 14.1. The van der Waals surface area contributed by atoms with Gasteiger partial charge in [-0.3, -0.25) is 14.5 Å². The van der Waals surface area contributed by atoms with E-state index in [1.165, 1.54) is 17.7 Å². The molecule has 10 nitrogen and oxygen atoms in total. The van der Waals surface area contributed by atoms with Gasteiger partial charge in [-0.25, -0.2) is 19.0 Å². The Kier molecular flexibility index (Phi) is 6.53. The van der Waals surface area contributed by atoms with Crippen molar-refractivity contribution in [2.75, 3.05) is 5.32 Å². The van der Waals surface area contributed by atoms with Crippen LogP contribution in [0.25, 0.3) is 43.0 Å². The number of hydrogen-bond donors (Lipinski definition) is 1. The molecule has 0 radical (unpaired) electrons. The van der Waals surface area contributed by atoms with E-state index in [-0.39, 0.29) is 17.4 Å². The van der Waals surface area contributed by atoms with Crippen molar-refractivity contribution in [1.29, 1.82) is 0 Å². The molecule has 0 saturated carbocycles. The summed E-state index contributed by atoms with van der Waals surface area (Å²) in [5.74, 6) is 1.27. The third kappa shape index (κ3) is 4.65. The summed E-state index contributed by atoms with van der Waals surface area (Å²) >= 11 is 1.59. The summed E-state index contributed by atoms with van der Waals surface area (Å²) in [5.41, 5.74) is 6.04. The molecule has 1 aliphatic carbocycles. The van der Waals surface area contributed by atoms with Gasteiger partial charge in [0.2, 0.25) is 11.8 Å². The van der Waals surface area contributed by atoms with Gasteiger partial charge in [-0.2, -0.15) is 0 Å². The molecule has 1 unspecified atom stereocenters. The molecular weight excluding hydrogens is 616 g/mol. The first kappa shape index (κ1) is 28.0. The molecule has 1 atom stereocenters. The molecule has 1 aliphatic heterocycles. The Hall–Kier alpha value is -5.23. The van der Waals surface area contributed by atoms with E-state index in [0.29, 0.717) is 54.3 Å². The molecular formula is C35H29FN8O2S. The number of benzene rings is 1. The molecule has 12 heteroatoms. The van der Waals surface area contributed by atoms with Gasteiger partial charge in [-0.1, -0.05) is 18.2 Å². The molecule has 0 fully saturated rings. The van der Waals surface area contributed by atoms with Crippen LogP contribution in [0.4, 0.5) is 10.2 Å². The van der Waals surface area contributed by atoms with Crippen LogP contribution in [0.5, 0.6) is 0 Å². The molecule has 234 valence electrons. The molecule has 0 amide bonds. The highest BCUT2D eigenvalue weighted by molar-refractivity contribution is 7.23. The van der Waals surface area contributed by atoms with Crippen LogP contribution in [0.15, 0.2) is 70.1 Å². The van der Waals surface area contributed by atoms with Gasteiger partial charge in [-0.15, -0.1) is 21.5 Å². The fourth-order valence-corrected chi connectivity index (χ4v) is 8.24. The highest BCUT2D eigenvalue weighted by atomic mass is 32.1. The molecule has 7 aromatic rings. The highest BCUT2D eigenvalue weighted by Crippen LogP contribution is 2.45. The third-order valence-corrected chi connectivity index (χ3v) is 10.4. The zero-order valence-electron chi connectivity index (χ0n) is 25.5. The van der Waals surface area contributed by atoms with Crippen LogP contribution in [0.1, 0.15) is 47.3 Å². The smallest absolute Gasteiger partial charge is 0.276 e. The quantitative estimate of drug-likeness (QED) is 0.205. The standard InChI is InChI=1S/C35H29FN8O2S/c1-19-41-42-34(46-19)28-26(10-7-20-5-8-22(36)9-6-20)40-33-30(35(45)44-17-3-16-43(33)44)29(28)27-18-21-13-15-38-32(31(21)47-27)39-25-12-11-24-23(25)4-2-14-37-24/h2,4-6,8-9,13-15,18,25H,3,7,10-12,16-17H2,1H3,(H,38,39). The molecule has 0 saturated heterocycles. The minimum Gasteiger partial charge on any atom is -0.421 e. The van der Waals surface area contributed by atoms with Crippen molar-refractivity contribution in [3.63, 3.8) is 0 Å². The average Bonchev–Trinajstić information content (AvgIpc) is 3.92. The fourth-order valence-electron chi connectivity index (χ4n) is 7.07. The van der Waals surface area contributed by atoms with Crippen molar-refractivity contribution >= 4 is 38.3 Å². The largest absolute Gasteiger partial charge is 0.421 e. The second-order valence-corrected chi connectivity index (χ2v) is 13.2. The Labute approximate surface area is 271 Å². The summed E-state index contributed by atoms with van der Waals surface area (Å²) in [6.45, 7) is 3.10. The molecule has 0 bridgehead atoms. The monoisotopic (exact) mass is 644 g/mol. The molecule has 1 N–H and O–H groups in total. The van der Waals surface area contributed by atoms with Crippen LogP contribution in [0.2, 0.25) is 0 Å². The number of halogens is 1. The molecule has 7 heterocycles. The van der Waals surface area contributed by atoms with E-state index in [1.54, 1.807) is 35.1 Å². The normalized spacial score (nSPS) is 15.5. The van der Waals surface area contributed by atoms with Crippen molar-refractivity contribution in [3.8, 4) is 21.9 Å². The van der Waals surface area contributed by atoms with Crippen molar-refractivity contribution in [2.24, 2.45) is 0 Å². The zero-order chi connectivity index (χ0) is 31.6. The predicted molar refractivity (Wildman–Crippen MR) is 178 cm³/mol. The number of rotatable bonds is 7. The van der Waals surface area contributed by atoms with Gasteiger partial charge < -0.3 is 9.73 Å². The maximum Gasteiger partial charge on any atom is 0.276 e. The topological polar surface area (TPSA) is 117 Å². The van der Waals surface area contributed by atoms with Crippen molar-refractivity contribution in [1.82, 2.24) is 34.5 Å². The number of nitrogens with zero attached hydrogens (tertiary/aromatic N) is 7. The molecule has 47 heavy (non-hydrogen) atoms. The van der Waals surface area contributed by atoms with E-state index in [9.17, 15) is 9.18 Å². The summed E-state index contributed by atoms with van der Waals surface area (Å²) in [6, 6.07) is 14.9. The van der Waals surface area contributed by atoms with Gasteiger partial charge >= 0.3 is 0 Å². The van der Waals surface area contributed by atoms with E-state index in [2.05, 4.69) is 32.6 Å². The van der Waals surface area contributed by atoms with Crippen LogP contribution < -0.4 is 10.9 Å². The predicted octanol–water partition coefficient (Wildman–Crippen LogP) is 6.66. The lowest BCUT2D eigenvalue weighted by atomic mass is 9.97. The Bertz CT molecular complexity index is 2390. The van der Waals surface area contributed by atoms with Gasteiger partial charge in [0.1, 0.15) is 11.6 Å². The zero-order valence-corrected chi connectivity index (χ0v) is 26.4. The number of aromatic nitrogens is 7. The summed E-state index contributed by atoms with van der Waals surface area (Å²) in [5, 5.41) is 13.9. The number of anilines is 1. The first-order valence-electron chi connectivity index (χ1n) is 15.8. The second kappa shape index (κ2) is 10.9. The van der Waals surface area contributed by atoms with E-state index in [0.717, 1.165) is 62.6 Å². The van der Waals surface area contributed by atoms with E-state index >= 15 is 0 Å². The summed E-state index contributed by atoms with van der Waals surface area (Å²) in [4.78, 5) is 29.5. The highest BCUT2D eigenvalue weighted by Gasteiger charge is 2.31. The Morgan fingerprint density at radius 2 is 1.89 bits per heavy atom. The number of hydrogen-bond acceptors (Lipinski definition) is 9.